The molecule has 0 aliphatic heterocycles. The van der Waals surface area contributed by atoms with Gasteiger partial charge < -0.3 is 5.32 Å². The molecule has 0 saturated heterocycles. The number of hydrogen-bond acceptors (Lipinski definition) is 2. The zero-order valence-corrected chi connectivity index (χ0v) is 10.5. The lowest BCUT2D eigenvalue weighted by molar-refractivity contribution is 1.04. The highest BCUT2D eigenvalue weighted by atomic mass is 14.9. The summed E-state index contributed by atoms with van der Waals surface area (Å²) in [6.07, 6.45) is 2.60. The summed E-state index contributed by atoms with van der Waals surface area (Å²) in [5.41, 5.74) is 4.93. The molecule has 0 amide bonds. The molecule has 1 aromatic carbocycles. The van der Waals surface area contributed by atoms with Crippen LogP contribution < -0.4 is 5.32 Å². The van der Waals surface area contributed by atoms with E-state index in [2.05, 4.69) is 43.4 Å². The molecule has 2 aromatic rings. The van der Waals surface area contributed by atoms with Crippen molar-refractivity contribution < 1.29 is 0 Å². The number of aryl methyl sites for hydroxylation is 1. The normalized spacial score (nSPS) is 15.2. The van der Waals surface area contributed by atoms with Crippen molar-refractivity contribution in [1.29, 1.82) is 0 Å². The summed E-state index contributed by atoms with van der Waals surface area (Å²) in [5, 5.41) is 4.71. The third kappa shape index (κ3) is 1.88. The second-order valence-corrected chi connectivity index (χ2v) is 4.87. The van der Waals surface area contributed by atoms with Crippen LogP contribution in [0.2, 0.25) is 0 Å². The van der Waals surface area contributed by atoms with Crippen LogP contribution in [-0.4, -0.2) is 11.5 Å². The summed E-state index contributed by atoms with van der Waals surface area (Å²) in [5.74, 6) is 0.705. The third-order valence-electron chi connectivity index (χ3n) is 3.42. The van der Waals surface area contributed by atoms with Crippen molar-refractivity contribution >= 4 is 16.6 Å². The van der Waals surface area contributed by atoms with Crippen molar-refractivity contribution in [2.45, 2.75) is 32.6 Å². The number of nitrogens with one attached hydrogen (secondary N) is 1. The molecule has 1 N–H and O–H groups in total. The topological polar surface area (TPSA) is 24.9 Å². The second-order valence-electron chi connectivity index (χ2n) is 4.87. The van der Waals surface area contributed by atoms with Gasteiger partial charge in [0.2, 0.25) is 0 Å². The Morgan fingerprint density at radius 3 is 2.88 bits per heavy atom. The first-order valence-corrected chi connectivity index (χ1v) is 6.43. The molecule has 1 saturated carbocycles. The van der Waals surface area contributed by atoms with Crippen LogP contribution in [0.15, 0.2) is 24.3 Å². The second kappa shape index (κ2) is 4.02. The van der Waals surface area contributed by atoms with Gasteiger partial charge in [0.25, 0.3) is 0 Å². The minimum Gasteiger partial charge on any atom is -0.385 e. The van der Waals surface area contributed by atoms with Gasteiger partial charge in [-0.3, -0.25) is 4.98 Å². The predicted octanol–water partition coefficient (Wildman–Crippen LogP) is 3.85. The van der Waals surface area contributed by atoms with Crippen LogP contribution in [-0.2, 0) is 0 Å². The van der Waals surface area contributed by atoms with E-state index < -0.39 is 0 Å². The minimum absolute atomic E-state index is 0.705. The molecule has 2 nitrogen and oxygen atoms in total. The minimum atomic E-state index is 0.705. The Balaban J connectivity index is 2.23. The van der Waals surface area contributed by atoms with E-state index in [1.807, 2.05) is 0 Å². The smallest absolute Gasteiger partial charge is 0.0755 e. The maximum absolute atomic E-state index is 4.84. The lowest BCUT2D eigenvalue weighted by Gasteiger charge is -2.11. The van der Waals surface area contributed by atoms with E-state index in [0.717, 1.165) is 12.1 Å². The average molecular weight is 226 g/mol. The Kier molecular flexibility index (Phi) is 2.50. The van der Waals surface area contributed by atoms with E-state index in [1.54, 1.807) is 0 Å². The standard InChI is InChI=1S/C15H18N2/c1-3-16-14-9-13(11-7-8-11)17-15-10(2)5-4-6-12(14)15/h4-6,9,11H,3,7-8H2,1-2H3,(H,16,17). The van der Waals surface area contributed by atoms with Crippen molar-refractivity contribution in [3.8, 4) is 0 Å². The Bertz CT molecular complexity index is 556. The molecule has 1 aliphatic carbocycles. The highest BCUT2D eigenvalue weighted by Gasteiger charge is 2.26. The molecular weight excluding hydrogens is 208 g/mol. The van der Waals surface area contributed by atoms with Crippen molar-refractivity contribution in [1.82, 2.24) is 4.98 Å². The molecule has 0 atom stereocenters. The van der Waals surface area contributed by atoms with Crippen molar-refractivity contribution in [2.24, 2.45) is 0 Å². The molecule has 1 aromatic heterocycles. The van der Waals surface area contributed by atoms with Gasteiger partial charge in [-0.05, 0) is 38.3 Å². The molecular formula is C15H18N2. The zero-order valence-electron chi connectivity index (χ0n) is 10.5. The van der Waals surface area contributed by atoms with Gasteiger partial charge in [-0.2, -0.15) is 0 Å². The number of pyridine rings is 1. The van der Waals surface area contributed by atoms with Gasteiger partial charge in [0.15, 0.2) is 0 Å². The van der Waals surface area contributed by atoms with Gasteiger partial charge in [-0.1, -0.05) is 18.2 Å². The molecule has 0 spiro atoms. The van der Waals surface area contributed by atoms with Gasteiger partial charge in [0.1, 0.15) is 0 Å². The van der Waals surface area contributed by atoms with E-state index in [-0.39, 0.29) is 0 Å². The van der Waals surface area contributed by atoms with Gasteiger partial charge in [-0.25, -0.2) is 0 Å². The fourth-order valence-corrected chi connectivity index (χ4v) is 2.34. The molecule has 0 radical (unpaired) electrons. The van der Waals surface area contributed by atoms with E-state index in [0.29, 0.717) is 5.92 Å². The molecule has 2 heteroatoms. The van der Waals surface area contributed by atoms with E-state index in [1.165, 1.54) is 35.2 Å². The maximum atomic E-state index is 4.84. The first-order chi connectivity index (χ1) is 8.29. The summed E-state index contributed by atoms with van der Waals surface area (Å²) in [6, 6.07) is 8.64. The summed E-state index contributed by atoms with van der Waals surface area (Å²) >= 11 is 0. The fourth-order valence-electron chi connectivity index (χ4n) is 2.34. The summed E-state index contributed by atoms with van der Waals surface area (Å²) < 4.78 is 0. The first kappa shape index (κ1) is 10.6. The monoisotopic (exact) mass is 226 g/mol. The number of rotatable bonds is 3. The summed E-state index contributed by atoms with van der Waals surface area (Å²) in [4.78, 5) is 4.84. The van der Waals surface area contributed by atoms with Gasteiger partial charge in [-0.15, -0.1) is 0 Å². The SMILES string of the molecule is CCNc1cc(C2CC2)nc2c(C)cccc12. The van der Waals surface area contributed by atoms with Gasteiger partial charge in [0, 0.05) is 29.2 Å². The van der Waals surface area contributed by atoms with Crippen molar-refractivity contribution in [3.63, 3.8) is 0 Å². The van der Waals surface area contributed by atoms with Crippen molar-refractivity contribution in [2.75, 3.05) is 11.9 Å². The number of hydrogen-bond donors (Lipinski definition) is 1. The number of nitrogens with zero attached hydrogens (tertiary/aromatic N) is 1. The summed E-state index contributed by atoms with van der Waals surface area (Å²) in [6.45, 7) is 5.23. The highest BCUT2D eigenvalue weighted by Crippen LogP contribution is 2.41. The van der Waals surface area contributed by atoms with Gasteiger partial charge in [0.05, 0.1) is 5.52 Å². The van der Waals surface area contributed by atoms with E-state index >= 15 is 0 Å². The largest absolute Gasteiger partial charge is 0.385 e. The molecule has 0 unspecified atom stereocenters. The molecule has 3 rings (SSSR count). The molecule has 88 valence electrons. The molecule has 0 bridgehead atoms. The molecule has 1 aliphatic rings. The lowest BCUT2D eigenvalue weighted by Crippen LogP contribution is -2.00. The quantitative estimate of drug-likeness (QED) is 0.859. The highest BCUT2D eigenvalue weighted by molar-refractivity contribution is 5.93. The van der Waals surface area contributed by atoms with Gasteiger partial charge >= 0.3 is 0 Å². The van der Waals surface area contributed by atoms with Crippen LogP contribution in [0.5, 0.6) is 0 Å². The maximum Gasteiger partial charge on any atom is 0.0755 e. The van der Waals surface area contributed by atoms with Crippen LogP contribution in [0.3, 0.4) is 0 Å². The number of benzene rings is 1. The molecule has 17 heavy (non-hydrogen) atoms. The van der Waals surface area contributed by atoms with Crippen molar-refractivity contribution in [3.05, 3.63) is 35.5 Å². The number of anilines is 1. The lowest BCUT2D eigenvalue weighted by atomic mass is 10.1. The fraction of sp³-hybridized carbons (Fsp3) is 0.400. The first-order valence-electron chi connectivity index (χ1n) is 6.43. The average Bonchev–Trinajstić information content (AvgIpc) is 3.14. The van der Waals surface area contributed by atoms with Crippen LogP contribution in [0.25, 0.3) is 10.9 Å². The third-order valence-corrected chi connectivity index (χ3v) is 3.42. The van der Waals surface area contributed by atoms with E-state index in [9.17, 15) is 0 Å². The number of fused-ring (bicyclic) bond motifs is 1. The summed E-state index contributed by atoms with van der Waals surface area (Å²) in [7, 11) is 0. The Morgan fingerprint density at radius 2 is 2.18 bits per heavy atom. The predicted molar refractivity (Wildman–Crippen MR) is 72.6 cm³/mol. The van der Waals surface area contributed by atoms with Crippen LogP contribution >= 0.6 is 0 Å². The number of aromatic nitrogens is 1. The zero-order chi connectivity index (χ0) is 11.8. The number of para-hydroxylation sites is 1. The Hall–Kier alpha value is -1.57. The Morgan fingerprint density at radius 1 is 1.35 bits per heavy atom. The molecule has 1 fully saturated rings. The van der Waals surface area contributed by atoms with Crippen LogP contribution in [0.1, 0.15) is 36.9 Å². The molecule has 1 heterocycles. The van der Waals surface area contributed by atoms with E-state index in [4.69, 9.17) is 4.98 Å². The van der Waals surface area contributed by atoms with Crippen LogP contribution in [0.4, 0.5) is 5.69 Å². The Labute approximate surface area is 102 Å². The van der Waals surface area contributed by atoms with Crippen LogP contribution in [0, 0.1) is 6.92 Å².